The largest absolute Gasteiger partial charge is 0.508 e. The summed E-state index contributed by atoms with van der Waals surface area (Å²) in [4.78, 5) is 14.2. The van der Waals surface area contributed by atoms with Crippen molar-refractivity contribution in [2.75, 3.05) is 6.54 Å². The quantitative estimate of drug-likeness (QED) is 0.558. The van der Waals surface area contributed by atoms with Crippen LogP contribution in [0.4, 0.5) is 0 Å². The maximum absolute atomic E-state index is 12.9. The number of benzene rings is 2. The highest BCUT2D eigenvalue weighted by molar-refractivity contribution is 7.91. The normalized spacial score (nSPS) is 16.7. The van der Waals surface area contributed by atoms with Crippen molar-refractivity contribution >= 4 is 60.6 Å². The van der Waals surface area contributed by atoms with Crippen LogP contribution in [0.2, 0.25) is 10.0 Å². The molecule has 1 aliphatic heterocycles. The predicted molar refractivity (Wildman–Crippen MR) is 119 cm³/mol. The van der Waals surface area contributed by atoms with E-state index >= 15 is 0 Å². The van der Waals surface area contributed by atoms with Crippen molar-refractivity contribution in [1.29, 1.82) is 5.26 Å². The SMILES string of the molecule is N#Cc1ccc(O)c(CN2CC[C@H](NS(=O)(=O)c3cc4c(Cl)cc(Cl)cc4s3)C2=O)c1. The van der Waals surface area contributed by atoms with Crippen LogP contribution in [0.25, 0.3) is 10.1 Å². The smallest absolute Gasteiger partial charge is 0.250 e. The number of carbonyl (C=O) groups is 1. The molecule has 11 heteroatoms. The van der Waals surface area contributed by atoms with Gasteiger partial charge in [-0.3, -0.25) is 4.79 Å². The van der Waals surface area contributed by atoms with Gasteiger partial charge in [-0.05, 0) is 42.8 Å². The Bertz CT molecular complexity index is 1350. The highest BCUT2D eigenvalue weighted by atomic mass is 35.5. The molecule has 2 heterocycles. The Hall–Kier alpha value is -2.35. The van der Waals surface area contributed by atoms with Crippen molar-refractivity contribution in [2.45, 2.75) is 23.2 Å². The number of nitrogens with one attached hydrogen (secondary N) is 1. The van der Waals surface area contributed by atoms with Crippen LogP contribution in [-0.2, 0) is 21.4 Å². The van der Waals surface area contributed by atoms with E-state index in [4.69, 9.17) is 28.5 Å². The van der Waals surface area contributed by atoms with Crippen molar-refractivity contribution < 1.29 is 18.3 Å². The monoisotopic (exact) mass is 495 g/mol. The molecular formula is C20H15Cl2N3O4S2. The Kier molecular flexibility index (Phi) is 5.85. The summed E-state index contributed by atoms with van der Waals surface area (Å²) in [5.41, 5.74) is 0.784. The minimum absolute atomic E-state index is 0.0309. The lowest BCUT2D eigenvalue weighted by Gasteiger charge is -2.18. The van der Waals surface area contributed by atoms with Crippen molar-refractivity contribution in [2.24, 2.45) is 0 Å². The zero-order valence-corrected chi connectivity index (χ0v) is 18.9. The Morgan fingerprint density at radius 2 is 2.03 bits per heavy atom. The third-order valence-corrected chi connectivity index (χ3v) is 8.52. The second kappa shape index (κ2) is 8.30. The van der Waals surface area contributed by atoms with Crippen LogP contribution >= 0.6 is 34.5 Å². The summed E-state index contributed by atoms with van der Waals surface area (Å²) >= 11 is 13.2. The molecule has 1 aliphatic rings. The fraction of sp³-hybridized carbons (Fsp3) is 0.200. The first-order chi connectivity index (χ1) is 14.7. The number of hydrogen-bond donors (Lipinski definition) is 2. The molecule has 3 aromatic rings. The number of nitriles is 1. The van der Waals surface area contributed by atoms with Crippen LogP contribution in [0.3, 0.4) is 0 Å². The molecule has 0 bridgehead atoms. The number of likely N-dealkylation sites (tertiary alicyclic amines) is 1. The lowest BCUT2D eigenvalue weighted by atomic mass is 10.1. The number of phenols is 1. The number of sulfonamides is 1. The summed E-state index contributed by atoms with van der Waals surface area (Å²) in [7, 11) is -3.96. The highest BCUT2D eigenvalue weighted by Crippen LogP contribution is 2.36. The zero-order chi connectivity index (χ0) is 22.3. The second-order valence-electron chi connectivity index (χ2n) is 7.04. The van der Waals surface area contributed by atoms with Crippen LogP contribution < -0.4 is 4.72 Å². The van der Waals surface area contributed by atoms with Gasteiger partial charge in [0.2, 0.25) is 5.91 Å². The lowest BCUT2D eigenvalue weighted by Crippen LogP contribution is -2.41. The van der Waals surface area contributed by atoms with Gasteiger partial charge < -0.3 is 10.0 Å². The molecule has 1 atom stereocenters. The zero-order valence-electron chi connectivity index (χ0n) is 15.8. The van der Waals surface area contributed by atoms with Crippen molar-refractivity contribution in [3.63, 3.8) is 0 Å². The van der Waals surface area contributed by atoms with E-state index in [0.717, 1.165) is 11.3 Å². The molecule has 0 saturated carbocycles. The standard InChI is InChI=1S/C20H15Cl2N3O4S2/c21-13-6-15(22)14-8-19(30-18(14)7-13)31(28,29)24-16-3-4-25(20(16)27)10-12-5-11(9-23)1-2-17(12)26/h1-2,5-8,16,24,26H,3-4,10H2/t16-/m0/s1. The van der Waals surface area contributed by atoms with E-state index in [2.05, 4.69) is 4.72 Å². The van der Waals surface area contributed by atoms with Crippen molar-refractivity contribution in [3.8, 4) is 11.8 Å². The van der Waals surface area contributed by atoms with Gasteiger partial charge in [-0.1, -0.05) is 23.2 Å². The average Bonchev–Trinajstić information content (AvgIpc) is 3.29. The highest BCUT2D eigenvalue weighted by Gasteiger charge is 2.35. The number of amides is 1. The molecule has 31 heavy (non-hydrogen) atoms. The molecule has 0 unspecified atom stereocenters. The van der Waals surface area contributed by atoms with Crippen LogP contribution in [0.1, 0.15) is 17.5 Å². The molecule has 2 N–H and O–H groups in total. The molecular weight excluding hydrogens is 481 g/mol. The Morgan fingerprint density at radius 3 is 2.77 bits per heavy atom. The van der Waals surface area contributed by atoms with E-state index in [-0.39, 0.29) is 22.9 Å². The molecule has 1 fully saturated rings. The van der Waals surface area contributed by atoms with Crippen LogP contribution in [0, 0.1) is 11.3 Å². The summed E-state index contributed by atoms with van der Waals surface area (Å²) in [5, 5.41) is 20.4. The molecule has 7 nitrogen and oxygen atoms in total. The van der Waals surface area contributed by atoms with Gasteiger partial charge in [-0.2, -0.15) is 9.98 Å². The topological polar surface area (TPSA) is 110 Å². The minimum atomic E-state index is -3.96. The number of aromatic hydroxyl groups is 1. The summed E-state index contributed by atoms with van der Waals surface area (Å²) in [6.07, 6.45) is 0.286. The van der Waals surface area contributed by atoms with E-state index in [1.807, 2.05) is 6.07 Å². The molecule has 0 spiro atoms. The molecule has 1 saturated heterocycles. The van der Waals surface area contributed by atoms with Gasteiger partial charge in [0.05, 0.1) is 16.7 Å². The lowest BCUT2D eigenvalue weighted by molar-refractivity contribution is -0.129. The minimum Gasteiger partial charge on any atom is -0.508 e. The fourth-order valence-electron chi connectivity index (χ4n) is 3.41. The van der Waals surface area contributed by atoms with Gasteiger partial charge in [0.1, 0.15) is 16.0 Å². The molecule has 0 radical (unpaired) electrons. The third kappa shape index (κ3) is 4.35. The van der Waals surface area contributed by atoms with E-state index in [1.165, 1.54) is 35.2 Å². The Balaban J connectivity index is 1.52. The maximum atomic E-state index is 12.9. The van der Waals surface area contributed by atoms with Gasteiger partial charge in [-0.25, -0.2) is 8.42 Å². The van der Waals surface area contributed by atoms with Gasteiger partial charge in [0.25, 0.3) is 10.0 Å². The van der Waals surface area contributed by atoms with Crippen LogP contribution in [0.5, 0.6) is 5.75 Å². The first-order valence-electron chi connectivity index (χ1n) is 9.09. The number of hydrogen-bond acceptors (Lipinski definition) is 6. The molecule has 160 valence electrons. The van der Waals surface area contributed by atoms with Crippen LogP contribution in [0.15, 0.2) is 40.6 Å². The second-order valence-corrected chi connectivity index (χ2v) is 10.9. The van der Waals surface area contributed by atoms with E-state index in [0.29, 0.717) is 37.8 Å². The van der Waals surface area contributed by atoms with Crippen LogP contribution in [-0.4, -0.2) is 36.9 Å². The Morgan fingerprint density at radius 1 is 1.26 bits per heavy atom. The summed E-state index contributed by atoms with van der Waals surface area (Å²) in [6.45, 7) is 0.394. The number of halogens is 2. The molecule has 1 amide bonds. The summed E-state index contributed by atoms with van der Waals surface area (Å²) in [5.74, 6) is -0.427. The van der Waals surface area contributed by atoms with Gasteiger partial charge >= 0.3 is 0 Å². The average molecular weight is 496 g/mol. The first-order valence-corrected chi connectivity index (χ1v) is 12.2. The summed E-state index contributed by atoms with van der Waals surface area (Å²) in [6, 6.07) is 10.1. The number of rotatable bonds is 5. The van der Waals surface area contributed by atoms with E-state index < -0.39 is 22.0 Å². The number of thiophene rings is 1. The predicted octanol–water partition coefficient (Wildman–Crippen LogP) is 3.86. The van der Waals surface area contributed by atoms with E-state index in [9.17, 15) is 18.3 Å². The number of fused-ring (bicyclic) bond motifs is 1. The third-order valence-electron chi connectivity index (χ3n) is 4.96. The number of carbonyl (C=O) groups excluding carboxylic acids is 1. The fourth-order valence-corrected chi connectivity index (χ4v) is 6.77. The van der Waals surface area contributed by atoms with Crippen molar-refractivity contribution in [1.82, 2.24) is 9.62 Å². The Labute approximate surface area is 192 Å². The maximum Gasteiger partial charge on any atom is 0.250 e. The van der Waals surface area contributed by atoms with Crippen molar-refractivity contribution in [3.05, 3.63) is 57.6 Å². The summed E-state index contributed by atoms with van der Waals surface area (Å²) < 4.78 is 28.9. The van der Waals surface area contributed by atoms with Gasteiger partial charge in [-0.15, -0.1) is 11.3 Å². The molecule has 2 aromatic carbocycles. The number of phenolic OH excluding ortho intramolecular Hbond substituents is 1. The first kappa shape index (κ1) is 21.9. The molecule has 1 aromatic heterocycles. The number of nitrogens with zero attached hydrogens (tertiary/aromatic N) is 2. The van der Waals surface area contributed by atoms with Gasteiger partial charge in [0.15, 0.2) is 0 Å². The molecule has 0 aliphatic carbocycles. The molecule has 4 rings (SSSR count). The van der Waals surface area contributed by atoms with Gasteiger partial charge in [0, 0.05) is 33.8 Å². The van der Waals surface area contributed by atoms with E-state index in [1.54, 1.807) is 6.07 Å².